The first kappa shape index (κ1) is 12.4. The van der Waals surface area contributed by atoms with Crippen LogP contribution < -0.4 is 10.6 Å². The van der Waals surface area contributed by atoms with Gasteiger partial charge >= 0.3 is 0 Å². The second-order valence-corrected chi connectivity index (χ2v) is 4.14. The molecule has 84 valence electrons. The summed E-state index contributed by atoms with van der Waals surface area (Å²) in [6.07, 6.45) is 1.94. The normalized spacial score (nSPS) is 10.4. The van der Waals surface area contributed by atoms with Gasteiger partial charge in [-0.2, -0.15) is 0 Å². The van der Waals surface area contributed by atoms with E-state index in [1.807, 2.05) is 6.26 Å². The summed E-state index contributed by atoms with van der Waals surface area (Å²) < 4.78 is 0. The molecule has 1 aromatic rings. The summed E-state index contributed by atoms with van der Waals surface area (Å²) in [5, 5.41) is 1.26. The second kappa shape index (κ2) is 5.46. The topological polar surface area (TPSA) is 55.0 Å². The molecule has 0 aliphatic carbocycles. The first-order valence-electron chi connectivity index (χ1n) is 4.79. The van der Waals surface area contributed by atoms with Crippen molar-refractivity contribution >= 4 is 35.9 Å². The minimum Gasteiger partial charge on any atom is -0.394 e. The Hall–Kier alpha value is -0.620. The van der Waals surface area contributed by atoms with Crippen LogP contribution in [-0.2, 0) is 0 Å². The van der Waals surface area contributed by atoms with E-state index in [2.05, 4.69) is 41.3 Å². The fourth-order valence-electron chi connectivity index (χ4n) is 1.28. The summed E-state index contributed by atoms with van der Waals surface area (Å²) >= 11 is 5.74. The van der Waals surface area contributed by atoms with Crippen molar-refractivity contribution in [1.82, 2.24) is 9.97 Å². The number of anilines is 2. The molecule has 0 amide bonds. The Bertz CT molecular complexity index is 339. The van der Waals surface area contributed by atoms with Gasteiger partial charge in [0.15, 0.2) is 11.0 Å². The van der Waals surface area contributed by atoms with Gasteiger partial charge in [0, 0.05) is 13.1 Å². The van der Waals surface area contributed by atoms with Gasteiger partial charge in [0.25, 0.3) is 0 Å². The molecule has 0 aliphatic rings. The van der Waals surface area contributed by atoms with Gasteiger partial charge in [-0.25, -0.2) is 9.97 Å². The number of nitrogens with zero attached hydrogens (tertiary/aromatic N) is 3. The molecule has 1 heterocycles. The number of aromatic nitrogens is 2. The van der Waals surface area contributed by atoms with Gasteiger partial charge in [0.1, 0.15) is 10.7 Å². The van der Waals surface area contributed by atoms with Gasteiger partial charge in [0.2, 0.25) is 0 Å². The maximum atomic E-state index is 5.91. The predicted molar refractivity (Wildman–Crippen MR) is 69.0 cm³/mol. The zero-order valence-electron chi connectivity index (χ0n) is 9.19. The summed E-state index contributed by atoms with van der Waals surface area (Å²) in [7, 11) is 0. The molecule has 0 aromatic carbocycles. The number of nitrogen functional groups attached to an aromatic ring is 1. The fourth-order valence-corrected chi connectivity index (χ4v) is 1.90. The molecule has 0 atom stereocenters. The summed E-state index contributed by atoms with van der Waals surface area (Å²) in [6, 6.07) is 0. The minimum absolute atomic E-state index is 0.552. The lowest BCUT2D eigenvalue weighted by atomic mass is 10.4. The zero-order chi connectivity index (χ0) is 11.4. The molecule has 15 heavy (non-hydrogen) atoms. The lowest BCUT2D eigenvalue weighted by Gasteiger charge is -2.22. The first-order valence-corrected chi connectivity index (χ1v) is 6.46. The third-order valence-electron chi connectivity index (χ3n) is 2.13. The molecule has 0 radical (unpaired) electrons. The van der Waals surface area contributed by atoms with E-state index in [1.165, 1.54) is 11.8 Å². The molecule has 4 nitrogen and oxygen atoms in total. The van der Waals surface area contributed by atoms with Crippen LogP contribution in [0.1, 0.15) is 13.8 Å². The maximum Gasteiger partial charge on any atom is 0.190 e. The Morgan fingerprint density at radius 3 is 2.40 bits per heavy atom. The minimum atomic E-state index is 0.552. The smallest absolute Gasteiger partial charge is 0.190 e. The second-order valence-electron chi connectivity index (χ2n) is 2.94. The molecule has 6 heteroatoms. The number of rotatable bonds is 4. The van der Waals surface area contributed by atoms with Crippen LogP contribution >= 0.6 is 24.4 Å². The SMILES string of the molecule is CCN(CC)c1nc(SC)nc(S)c1N. The molecule has 1 aromatic heterocycles. The third-order valence-corrected chi connectivity index (χ3v) is 3.02. The fraction of sp³-hybridized carbons (Fsp3) is 0.556. The number of thiol groups is 1. The Morgan fingerprint density at radius 2 is 1.93 bits per heavy atom. The average Bonchev–Trinajstić information content (AvgIpc) is 2.25. The Balaban J connectivity index is 3.20. The number of thioether (sulfide) groups is 1. The lowest BCUT2D eigenvalue weighted by molar-refractivity contribution is 0.805. The summed E-state index contributed by atoms with van der Waals surface area (Å²) in [6.45, 7) is 5.89. The van der Waals surface area contributed by atoms with Gasteiger partial charge < -0.3 is 10.6 Å². The van der Waals surface area contributed by atoms with Crippen LogP contribution in [0, 0.1) is 0 Å². The molecular formula is C9H16N4S2. The molecule has 0 saturated carbocycles. The Kier molecular flexibility index (Phi) is 4.53. The van der Waals surface area contributed by atoms with Gasteiger partial charge in [-0.05, 0) is 20.1 Å². The van der Waals surface area contributed by atoms with E-state index in [1.54, 1.807) is 0 Å². The third kappa shape index (κ3) is 2.69. The Labute approximate surface area is 100 Å². The van der Waals surface area contributed by atoms with Gasteiger partial charge in [-0.15, -0.1) is 12.6 Å². The van der Waals surface area contributed by atoms with E-state index in [0.29, 0.717) is 15.9 Å². The van der Waals surface area contributed by atoms with Crippen LogP contribution in [0.25, 0.3) is 0 Å². The van der Waals surface area contributed by atoms with Crippen LogP contribution in [0.5, 0.6) is 0 Å². The number of hydrogen-bond acceptors (Lipinski definition) is 6. The van der Waals surface area contributed by atoms with E-state index >= 15 is 0 Å². The van der Waals surface area contributed by atoms with Crippen molar-refractivity contribution < 1.29 is 0 Å². The van der Waals surface area contributed by atoms with Gasteiger partial charge in [-0.3, -0.25) is 0 Å². The molecule has 0 saturated heterocycles. The quantitative estimate of drug-likeness (QED) is 0.367. The van der Waals surface area contributed by atoms with Crippen LogP contribution in [0.2, 0.25) is 0 Å². The number of hydrogen-bond donors (Lipinski definition) is 2. The molecule has 1 rings (SSSR count). The molecule has 0 fully saturated rings. The molecule has 0 unspecified atom stereocenters. The van der Waals surface area contributed by atoms with E-state index in [4.69, 9.17) is 5.73 Å². The first-order chi connectivity index (χ1) is 7.13. The van der Waals surface area contributed by atoms with E-state index in [0.717, 1.165) is 18.9 Å². The van der Waals surface area contributed by atoms with Crippen molar-refractivity contribution in [1.29, 1.82) is 0 Å². The van der Waals surface area contributed by atoms with E-state index in [9.17, 15) is 0 Å². The highest BCUT2D eigenvalue weighted by atomic mass is 32.2. The van der Waals surface area contributed by atoms with Crippen molar-refractivity contribution in [3.05, 3.63) is 0 Å². The van der Waals surface area contributed by atoms with Crippen molar-refractivity contribution in [3.8, 4) is 0 Å². The van der Waals surface area contributed by atoms with Gasteiger partial charge in [0.05, 0.1) is 0 Å². The summed E-state index contributed by atoms with van der Waals surface area (Å²) in [5.74, 6) is 0.782. The van der Waals surface area contributed by atoms with E-state index in [-0.39, 0.29) is 0 Å². The standard InChI is InChI=1S/C9H16N4S2/c1-4-13(5-2)7-6(10)8(14)12-9(11-7)15-3/h4-5,10H2,1-3H3,(H,11,12,14). The molecule has 2 N–H and O–H groups in total. The van der Waals surface area contributed by atoms with Crippen LogP contribution in [0.3, 0.4) is 0 Å². The Morgan fingerprint density at radius 1 is 1.33 bits per heavy atom. The molecule has 0 aliphatic heterocycles. The van der Waals surface area contributed by atoms with Crippen LogP contribution in [0.15, 0.2) is 10.2 Å². The average molecular weight is 244 g/mol. The van der Waals surface area contributed by atoms with Crippen LogP contribution in [0.4, 0.5) is 11.5 Å². The maximum absolute atomic E-state index is 5.91. The highest BCUT2D eigenvalue weighted by molar-refractivity contribution is 7.98. The molecule has 0 bridgehead atoms. The highest BCUT2D eigenvalue weighted by Gasteiger charge is 2.13. The summed E-state index contributed by atoms with van der Waals surface area (Å²) in [4.78, 5) is 10.7. The lowest BCUT2D eigenvalue weighted by Crippen LogP contribution is -2.24. The molecule has 0 spiro atoms. The zero-order valence-corrected chi connectivity index (χ0v) is 10.9. The monoisotopic (exact) mass is 244 g/mol. The van der Waals surface area contributed by atoms with E-state index < -0.39 is 0 Å². The van der Waals surface area contributed by atoms with Crippen LogP contribution in [-0.4, -0.2) is 29.3 Å². The van der Waals surface area contributed by atoms with Crippen molar-refractivity contribution in [3.63, 3.8) is 0 Å². The predicted octanol–water partition coefficient (Wildman–Crippen LogP) is 1.92. The largest absolute Gasteiger partial charge is 0.394 e. The van der Waals surface area contributed by atoms with Gasteiger partial charge in [-0.1, -0.05) is 11.8 Å². The van der Waals surface area contributed by atoms with Crippen molar-refractivity contribution in [2.45, 2.75) is 24.0 Å². The summed E-state index contributed by atoms with van der Waals surface area (Å²) in [5.41, 5.74) is 6.46. The molecular weight excluding hydrogens is 228 g/mol. The number of nitrogens with two attached hydrogens (primary N) is 1. The van der Waals surface area contributed by atoms with Crippen molar-refractivity contribution in [2.24, 2.45) is 0 Å². The van der Waals surface area contributed by atoms with Crippen molar-refractivity contribution in [2.75, 3.05) is 30.0 Å². The highest BCUT2D eigenvalue weighted by Crippen LogP contribution is 2.27.